The number of para-hydroxylation sites is 3. The summed E-state index contributed by atoms with van der Waals surface area (Å²) in [6, 6.07) is 23.1. The lowest BCUT2D eigenvalue weighted by molar-refractivity contribution is -0.132. The molecule has 0 N–H and O–H groups in total. The zero-order chi connectivity index (χ0) is 22.2. The van der Waals surface area contributed by atoms with Crippen molar-refractivity contribution in [2.24, 2.45) is 0 Å². The number of nitriles is 1. The molecule has 0 aliphatic rings. The van der Waals surface area contributed by atoms with E-state index in [0.29, 0.717) is 18.9 Å². The maximum atomic E-state index is 13.3. The van der Waals surface area contributed by atoms with E-state index in [9.17, 15) is 4.79 Å². The van der Waals surface area contributed by atoms with Crippen LogP contribution in [0.25, 0.3) is 11.0 Å². The van der Waals surface area contributed by atoms with Crippen LogP contribution < -0.4 is 4.74 Å². The van der Waals surface area contributed by atoms with Gasteiger partial charge in [0.15, 0.2) is 0 Å². The molecule has 0 saturated carbocycles. The van der Waals surface area contributed by atoms with Crippen molar-refractivity contribution in [3.63, 3.8) is 0 Å². The van der Waals surface area contributed by atoms with Crippen LogP contribution in [0.4, 0.5) is 0 Å². The molecule has 0 fully saturated rings. The van der Waals surface area contributed by atoms with Gasteiger partial charge in [-0.2, -0.15) is 5.26 Å². The van der Waals surface area contributed by atoms with E-state index in [-0.39, 0.29) is 25.5 Å². The molecule has 7 heteroatoms. The summed E-state index contributed by atoms with van der Waals surface area (Å²) in [7, 11) is 0. The van der Waals surface area contributed by atoms with Crippen LogP contribution in [0.2, 0.25) is 0 Å². The van der Waals surface area contributed by atoms with E-state index in [1.54, 1.807) is 17.3 Å². The van der Waals surface area contributed by atoms with Crippen LogP contribution in [0.1, 0.15) is 17.8 Å². The average molecular weight is 425 g/mol. The van der Waals surface area contributed by atoms with Crippen molar-refractivity contribution in [1.82, 2.24) is 19.4 Å². The molecule has 0 unspecified atom stereocenters. The lowest BCUT2D eigenvalue weighted by Gasteiger charge is -2.22. The van der Waals surface area contributed by atoms with Gasteiger partial charge in [0.05, 0.1) is 23.5 Å². The van der Waals surface area contributed by atoms with Crippen molar-refractivity contribution in [3.8, 4) is 11.8 Å². The number of rotatable bonds is 9. The van der Waals surface area contributed by atoms with Gasteiger partial charge < -0.3 is 14.2 Å². The quantitative estimate of drug-likeness (QED) is 0.405. The SMILES string of the molecule is N#CCCN(Cc1cccnc1)C(=O)Cn1c(COc2ccccc2)nc2ccccc21. The molecule has 1 amide bonds. The Labute approximate surface area is 186 Å². The third-order valence-electron chi connectivity index (χ3n) is 5.08. The van der Waals surface area contributed by atoms with Gasteiger partial charge in [0.25, 0.3) is 0 Å². The minimum atomic E-state index is -0.0896. The smallest absolute Gasteiger partial charge is 0.242 e. The lowest BCUT2D eigenvalue weighted by atomic mass is 10.2. The molecule has 32 heavy (non-hydrogen) atoms. The summed E-state index contributed by atoms with van der Waals surface area (Å²) in [5.74, 6) is 1.32. The van der Waals surface area contributed by atoms with Gasteiger partial charge in [0.1, 0.15) is 24.7 Å². The van der Waals surface area contributed by atoms with Crippen molar-refractivity contribution < 1.29 is 9.53 Å². The number of fused-ring (bicyclic) bond motifs is 1. The summed E-state index contributed by atoms with van der Waals surface area (Å²) in [5, 5.41) is 9.05. The number of ether oxygens (including phenoxy) is 1. The monoisotopic (exact) mass is 425 g/mol. The van der Waals surface area contributed by atoms with Gasteiger partial charge in [-0.1, -0.05) is 36.4 Å². The number of hydrogen-bond acceptors (Lipinski definition) is 5. The standard InChI is InChI=1S/C25H23N5O2/c26-13-7-15-29(17-20-8-6-14-27-16-20)25(31)18-30-23-12-5-4-11-22(23)28-24(30)19-32-21-9-2-1-3-10-21/h1-6,8-12,14,16H,7,15,17-19H2. The summed E-state index contributed by atoms with van der Waals surface area (Å²) in [6.45, 7) is 1.11. The van der Waals surface area contributed by atoms with Crippen molar-refractivity contribution >= 4 is 16.9 Å². The molecule has 2 aromatic carbocycles. The highest BCUT2D eigenvalue weighted by Crippen LogP contribution is 2.19. The number of carbonyl (C=O) groups excluding carboxylic acids is 1. The molecule has 0 bridgehead atoms. The zero-order valence-electron chi connectivity index (χ0n) is 17.6. The topological polar surface area (TPSA) is 84.0 Å². The number of aromatic nitrogens is 3. The van der Waals surface area contributed by atoms with E-state index in [0.717, 1.165) is 22.3 Å². The fourth-order valence-electron chi connectivity index (χ4n) is 3.50. The fraction of sp³-hybridized carbons (Fsp3) is 0.200. The number of benzene rings is 2. The van der Waals surface area contributed by atoms with Gasteiger partial charge >= 0.3 is 0 Å². The number of imidazole rings is 1. The minimum Gasteiger partial charge on any atom is -0.486 e. The largest absolute Gasteiger partial charge is 0.486 e. The predicted molar refractivity (Wildman–Crippen MR) is 120 cm³/mol. The van der Waals surface area contributed by atoms with Crippen LogP contribution in [0.3, 0.4) is 0 Å². The highest BCUT2D eigenvalue weighted by atomic mass is 16.5. The molecule has 0 radical (unpaired) electrons. The second kappa shape index (κ2) is 10.2. The average Bonchev–Trinajstić information content (AvgIpc) is 3.19. The predicted octanol–water partition coefficient (Wildman–Crippen LogP) is 3.95. The molecule has 160 valence electrons. The first-order valence-electron chi connectivity index (χ1n) is 10.4. The number of carbonyl (C=O) groups is 1. The molecule has 4 rings (SSSR count). The normalized spacial score (nSPS) is 10.6. The Balaban J connectivity index is 1.58. The van der Waals surface area contributed by atoms with Crippen molar-refractivity contribution in [1.29, 1.82) is 5.26 Å². The van der Waals surface area contributed by atoms with Crippen LogP contribution in [-0.4, -0.2) is 31.9 Å². The number of amides is 1. The zero-order valence-corrected chi connectivity index (χ0v) is 17.6. The Morgan fingerprint density at radius 1 is 1.06 bits per heavy atom. The van der Waals surface area contributed by atoms with Crippen LogP contribution >= 0.6 is 0 Å². The van der Waals surface area contributed by atoms with Crippen LogP contribution in [0, 0.1) is 11.3 Å². The van der Waals surface area contributed by atoms with Gasteiger partial charge in [-0.3, -0.25) is 9.78 Å². The maximum Gasteiger partial charge on any atom is 0.242 e. The van der Waals surface area contributed by atoms with E-state index < -0.39 is 0 Å². The first-order chi connectivity index (χ1) is 15.7. The molecular formula is C25H23N5O2. The highest BCUT2D eigenvalue weighted by molar-refractivity contribution is 5.81. The molecular weight excluding hydrogens is 402 g/mol. The Hall–Kier alpha value is -4.18. The summed E-state index contributed by atoms with van der Waals surface area (Å²) >= 11 is 0. The molecule has 4 aromatic rings. The first-order valence-corrected chi connectivity index (χ1v) is 10.4. The maximum absolute atomic E-state index is 13.3. The van der Waals surface area contributed by atoms with Crippen LogP contribution in [0.15, 0.2) is 79.1 Å². The Morgan fingerprint density at radius 2 is 1.88 bits per heavy atom. The molecule has 0 spiro atoms. The molecule has 2 heterocycles. The van der Waals surface area contributed by atoms with Gasteiger partial charge in [-0.15, -0.1) is 0 Å². The Bertz CT molecular complexity index is 1220. The van der Waals surface area contributed by atoms with E-state index >= 15 is 0 Å². The highest BCUT2D eigenvalue weighted by Gasteiger charge is 2.19. The molecule has 7 nitrogen and oxygen atoms in total. The van der Waals surface area contributed by atoms with Crippen molar-refractivity contribution in [2.75, 3.05) is 6.54 Å². The molecule has 0 aliphatic heterocycles. The lowest BCUT2D eigenvalue weighted by Crippen LogP contribution is -2.34. The van der Waals surface area contributed by atoms with Crippen molar-refractivity contribution in [3.05, 3.63) is 90.5 Å². The fourth-order valence-corrected chi connectivity index (χ4v) is 3.50. The first kappa shape index (κ1) is 21.1. The molecule has 2 aromatic heterocycles. The third kappa shape index (κ3) is 5.10. The number of nitrogens with zero attached hydrogens (tertiary/aromatic N) is 5. The minimum absolute atomic E-state index is 0.0896. The molecule has 0 saturated heterocycles. The summed E-state index contributed by atoms with van der Waals surface area (Å²) in [4.78, 5) is 23.8. The molecule has 0 aliphatic carbocycles. The van der Waals surface area contributed by atoms with Gasteiger partial charge in [0, 0.05) is 25.5 Å². The van der Waals surface area contributed by atoms with E-state index in [1.807, 2.05) is 71.3 Å². The van der Waals surface area contributed by atoms with Crippen LogP contribution in [0.5, 0.6) is 5.75 Å². The number of pyridine rings is 1. The van der Waals surface area contributed by atoms with E-state index in [4.69, 9.17) is 15.0 Å². The van der Waals surface area contributed by atoms with Gasteiger partial charge in [0.2, 0.25) is 5.91 Å². The Kier molecular flexibility index (Phi) is 6.73. The van der Waals surface area contributed by atoms with Crippen molar-refractivity contribution in [2.45, 2.75) is 26.1 Å². The van der Waals surface area contributed by atoms with E-state index in [2.05, 4.69) is 11.1 Å². The summed E-state index contributed by atoms with van der Waals surface area (Å²) in [6.07, 6.45) is 3.70. The molecule has 0 atom stereocenters. The van der Waals surface area contributed by atoms with Gasteiger partial charge in [-0.05, 0) is 35.9 Å². The Morgan fingerprint density at radius 3 is 2.66 bits per heavy atom. The van der Waals surface area contributed by atoms with E-state index in [1.165, 1.54) is 0 Å². The second-order valence-electron chi connectivity index (χ2n) is 7.29. The van der Waals surface area contributed by atoms with Crippen LogP contribution in [-0.2, 0) is 24.5 Å². The second-order valence-corrected chi connectivity index (χ2v) is 7.29. The summed E-state index contributed by atoms with van der Waals surface area (Å²) in [5.41, 5.74) is 2.60. The van der Waals surface area contributed by atoms with Gasteiger partial charge in [-0.25, -0.2) is 4.98 Å². The number of hydrogen-bond donors (Lipinski definition) is 0. The summed E-state index contributed by atoms with van der Waals surface area (Å²) < 4.78 is 7.80. The third-order valence-corrected chi connectivity index (χ3v) is 5.08.